The molecule has 0 unspecified atom stereocenters. The quantitative estimate of drug-likeness (QED) is 0.538. The molecule has 0 saturated heterocycles. The summed E-state index contributed by atoms with van der Waals surface area (Å²) in [6.07, 6.45) is 0. The molecule has 0 aliphatic heterocycles. The summed E-state index contributed by atoms with van der Waals surface area (Å²) in [5.74, 6) is 0. The van der Waals surface area contributed by atoms with Crippen LogP contribution in [-0.4, -0.2) is 16.4 Å². The Morgan fingerprint density at radius 3 is 1.81 bits per heavy atom. The first kappa shape index (κ1) is 17.7. The van der Waals surface area contributed by atoms with Crippen LogP contribution in [0.5, 0.6) is 0 Å². The van der Waals surface area contributed by atoms with Gasteiger partial charge in [0.15, 0.2) is 0 Å². The molecule has 0 aliphatic rings. The van der Waals surface area contributed by atoms with Gasteiger partial charge in [0.1, 0.15) is 0 Å². The minimum Gasteiger partial charge on any atom is -0.252 e. The molecule has 0 N–H and O–H groups in total. The minimum absolute atomic E-state index is 0.863. The van der Waals surface area contributed by atoms with Crippen molar-refractivity contribution in [3.63, 3.8) is 0 Å². The van der Waals surface area contributed by atoms with E-state index in [0.29, 0.717) is 0 Å². The van der Waals surface area contributed by atoms with Crippen molar-refractivity contribution in [2.75, 3.05) is 0 Å². The molecular weight excluding hydrogens is 318 g/mol. The summed E-state index contributed by atoms with van der Waals surface area (Å²) in [4.78, 5) is 14.2. The van der Waals surface area contributed by atoms with Gasteiger partial charge in [-0.3, -0.25) is 9.98 Å². The third-order valence-electron chi connectivity index (χ3n) is 4.26. The van der Waals surface area contributed by atoms with Crippen LogP contribution in [0.3, 0.4) is 0 Å². The zero-order chi connectivity index (χ0) is 18.5. The van der Waals surface area contributed by atoms with E-state index < -0.39 is 0 Å². The summed E-state index contributed by atoms with van der Waals surface area (Å²) in [7, 11) is 0. The summed E-state index contributed by atoms with van der Waals surface area (Å²) in [5, 5.41) is 0. The second-order valence-electron chi connectivity index (χ2n) is 6.38. The van der Waals surface area contributed by atoms with Crippen molar-refractivity contribution in [3.05, 3.63) is 89.2 Å². The fourth-order valence-corrected chi connectivity index (χ4v) is 2.80. The average Bonchev–Trinajstić information content (AvgIpc) is 2.65. The van der Waals surface area contributed by atoms with Crippen molar-refractivity contribution < 1.29 is 0 Å². The molecule has 130 valence electrons. The number of hydrogen-bond acceptors (Lipinski definition) is 3. The molecule has 3 heteroatoms. The fraction of sp³-hybridized carbons (Fsp3) is 0.174. The lowest BCUT2D eigenvalue weighted by Gasteiger charge is -2.08. The van der Waals surface area contributed by atoms with Gasteiger partial charge >= 0.3 is 0 Å². The zero-order valence-electron chi connectivity index (χ0n) is 15.7. The van der Waals surface area contributed by atoms with Gasteiger partial charge in [-0.15, -0.1) is 0 Å². The van der Waals surface area contributed by atoms with Gasteiger partial charge in [0.2, 0.25) is 0 Å². The van der Waals surface area contributed by atoms with E-state index in [2.05, 4.69) is 37.0 Å². The molecular formula is C23H23N3. The van der Waals surface area contributed by atoms with Gasteiger partial charge in [0, 0.05) is 0 Å². The van der Waals surface area contributed by atoms with E-state index in [1.165, 1.54) is 11.1 Å². The number of benzene rings is 2. The van der Waals surface area contributed by atoms with Gasteiger partial charge < -0.3 is 0 Å². The molecule has 0 aliphatic carbocycles. The maximum absolute atomic E-state index is 4.83. The van der Waals surface area contributed by atoms with Gasteiger partial charge in [-0.05, 0) is 63.1 Å². The number of para-hydroxylation sites is 2. The largest absolute Gasteiger partial charge is 0.252 e. The van der Waals surface area contributed by atoms with Crippen molar-refractivity contribution in [1.29, 1.82) is 0 Å². The standard InChI is InChI=1S/C23H23N3/c1-16-10-8-11-17(2)23(16)25-19(4)22-15-9-14-21(26-22)18(3)24-20-12-6-5-7-13-20/h5-15H,1-4H3. The van der Waals surface area contributed by atoms with Crippen molar-refractivity contribution in [2.45, 2.75) is 27.7 Å². The van der Waals surface area contributed by atoms with Gasteiger partial charge in [-0.25, -0.2) is 4.98 Å². The second kappa shape index (κ2) is 7.87. The van der Waals surface area contributed by atoms with E-state index in [-0.39, 0.29) is 0 Å². The van der Waals surface area contributed by atoms with Crippen LogP contribution in [0, 0.1) is 13.8 Å². The van der Waals surface area contributed by atoms with E-state index >= 15 is 0 Å². The summed E-state index contributed by atoms with van der Waals surface area (Å²) in [6, 6.07) is 22.1. The topological polar surface area (TPSA) is 37.6 Å². The third kappa shape index (κ3) is 4.12. The van der Waals surface area contributed by atoms with Gasteiger partial charge in [0.25, 0.3) is 0 Å². The highest BCUT2D eigenvalue weighted by Gasteiger charge is 2.06. The number of aliphatic imine (C=N–C) groups is 2. The lowest BCUT2D eigenvalue weighted by Crippen LogP contribution is -2.05. The summed E-state index contributed by atoms with van der Waals surface area (Å²) < 4.78 is 0. The van der Waals surface area contributed by atoms with Crippen LogP contribution in [0.4, 0.5) is 11.4 Å². The molecule has 2 aromatic carbocycles. The average molecular weight is 341 g/mol. The van der Waals surface area contributed by atoms with Crippen LogP contribution in [0.1, 0.15) is 36.4 Å². The van der Waals surface area contributed by atoms with Crippen molar-refractivity contribution in [3.8, 4) is 0 Å². The van der Waals surface area contributed by atoms with E-state index in [1.54, 1.807) is 0 Å². The fourth-order valence-electron chi connectivity index (χ4n) is 2.80. The maximum atomic E-state index is 4.83. The SMILES string of the molecule is CC(=Nc1ccccc1)c1cccc(C(C)=Nc2c(C)cccc2C)n1. The van der Waals surface area contributed by atoms with E-state index in [4.69, 9.17) is 9.98 Å². The Morgan fingerprint density at radius 1 is 0.654 bits per heavy atom. The monoisotopic (exact) mass is 341 g/mol. The highest BCUT2D eigenvalue weighted by atomic mass is 14.8. The molecule has 0 radical (unpaired) electrons. The minimum atomic E-state index is 0.863. The van der Waals surface area contributed by atoms with Crippen LogP contribution in [0.2, 0.25) is 0 Å². The molecule has 3 rings (SSSR count). The molecule has 0 fully saturated rings. The lowest BCUT2D eigenvalue weighted by atomic mass is 10.1. The predicted molar refractivity (Wildman–Crippen MR) is 110 cm³/mol. The van der Waals surface area contributed by atoms with Crippen molar-refractivity contribution in [1.82, 2.24) is 4.98 Å². The number of rotatable bonds is 4. The number of nitrogens with zero attached hydrogens (tertiary/aromatic N) is 3. The summed E-state index contributed by atoms with van der Waals surface area (Å²) in [6.45, 7) is 8.15. The smallest absolute Gasteiger partial charge is 0.0849 e. The molecule has 1 aromatic heterocycles. The van der Waals surface area contributed by atoms with E-state index in [0.717, 1.165) is 34.2 Å². The third-order valence-corrected chi connectivity index (χ3v) is 4.26. The van der Waals surface area contributed by atoms with Gasteiger partial charge in [-0.1, -0.05) is 42.5 Å². The molecule has 3 aromatic rings. The molecule has 0 saturated carbocycles. The number of aryl methyl sites for hydroxylation is 2. The van der Waals surface area contributed by atoms with Crippen LogP contribution in [0.15, 0.2) is 76.7 Å². The van der Waals surface area contributed by atoms with Gasteiger partial charge in [-0.2, -0.15) is 0 Å². The number of hydrogen-bond donors (Lipinski definition) is 0. The predicted octanol–water partition coefficient (Wildman–Crippen LogP) is 5.98. The molecule has 0 spiro atoms. The molecule has 0 bridgehead atoms. The van der Waals surface area contributed by atoms with Crippen LogP contribution >= 0.6 is 0 Å². The lowest BCUT2D eigenvalue weighted by molar-refractivity contribution is 1.23. The normalized spacial score (nSPS) is 12.3. The molecule has 3 nitrogen and oxygen atoms in total. The maximum Gasteiger partial charge on any atom is 0.0849 e. The van der Waals surface area contributed by atoms with Crippen molar-refractivity contribution >= 4 is 22.8 Å². The number of aromatic nitrogens is 1. The van der Waals surface area contributed by atoms with Crippen LogP contribution in [-0.2, 0) is 0 Å². The zero-order valence-corrected chi connectivity index (χ0v) is 15.7. The van der Waals surface area contributed by atoms with Gasteiger partial charge in [0.05, 0.1) is 34.2 Å². The Bertz CT molecular complexity index is 950. The number of pyridine rings is 1. The molecule has 0 amide bonds. The van der Waals surface area contributed by atoms with Crippen LogP contribution < -0.4 is 0 Å². The molecule has 0 atom stereocenters. The Kier molecular flexibility index (Phi) is 5.37. The highest BCUT2D eigenvalue weighted by molar-refractivity contribution is 6.02. The molecule has 1 heterocycles. The highest BCUT2D eigenvalue weighted by Crippen LogP contribution is 2.24. The summed E-state index contributed by atoms with van der Waals surface area (Å²) in [5.41, 5.74) is 7.81. The Balaban J connectivity index is 1.94. The van der Waals surface area contributed by atoms with E-state index in [1.807, 2.05) is 62.4 Å². The first-order valence-electron chi connectivity index (χ1n) is 8.74. The van der Waals surface area contributed by atoms with Crippen LogP contribution in [0.25, 0.3) is 0 Å². The Labute approximate surface area is 155 Å². The van der Waals surface area contributed by atoms with Crippen molar-refractivity contribution in [2.24, 2.45) is 9.98 Å². The summed E-state index contributed by atoms with van der Waals surface area (Å²) >= 11 is 0. The second-order valence-corrected chi connectivity index (χ2v) is 6.38. The first-order valence-corrected chi connectivity index (χ1v) is 8.74. The Hall–Kier alpha value is -3.07. The Morgan fingerprint density at radius 2 is 1.19 bits per heavy atom. The first-order chi connectivity index (χ1) is 12.5. The van der Waals surface area contributed by atoms with E-state index in [9.17, 15) is 0 Å². The molecule has 26 heavy (non-hydrogen) atoms.